The van der Waals surface area contributed by atoms with E-state index in [0.717, 1.165) is 12.8 Å². The van der Waals surface area contributed by atoms with Crippen LogP contribution in [-0.4, -0.2) is 28.4 Å². The maximum Gasteiger partial charge on any atom is 0.254 e. The van der Waals surface area contributed by atoms with E-state index in [1.165, 1.54) is 25.5 Å². The third-order valence-corrected chi connectivity index (χ3v) is 5.59. The minimum atomic E-state index is -0.200. The number of halogens is 1. The van der Waals surface area contributed by atoms with Crippen LogP contribution in [0.2, 0.25) is 5.15 Å². The zero-order chi connectivity index (χ0) is 14.6. The SMILES string of the molecule is CSC1(CNC(=O)c2cc(N)cnc2Cl)CCCCC1. The van der Waals surface area contributed by atoms with Crippen LogP contribution in [0.5, 0.6) is 0 Å². The first-order valence-electron chi connectivity index (χ1n) is 6.81. The molecule has 1 aromatic heterocycles. The molecule has 3 N–H and O–H groups in total. The highest BCUT2D eigenvalue weighted by Crippen LogP contribution is 2.38. The molecular formula is C14H20ClN3OS. The highest BCUT2D eigenvalue weighted by molar-refractivity contribution is 8.00. The van der Waals surface area contributed by atoms with E-state index >= 15 is 0 Å². The molecule has 0 bridgehead atoms. The van der Waals surface area contributed by atoms with Gasteiger partial charge >= 0.3 is 0 Å². The van der Waals surface area contributed by atoms with Gasteiger partial charge in [0, 0.05) is 11.3 Å². The lowest BCUT2D eigenvalue weighted by molar-refractivity contribution is 0.0946. The first-order valence-corrected chi connectivity index (χ1v) is 8.41. The predicted molar refractivity (Wildman–Crippen MR) is 85.3 cm³/mol. The maximum atomic E-state index is 12.2. The van der Waals surface area contributed by atoms with Crippen LogP contribution < -0.4 is 11.1 Å². The summed E-state index contributed by atoms with van der Waals surface area (Å²) < 4.78 is 0.161. The quantitative estimate of drug-likeness (QED) is 0.838. The number of pyridine rings is 1. The van der Waals surface area contributed by atoms with Gasteiger partial charge in [0.2, 0.25) is 0 Å². The Morgan fingerprint density at radius 2 is 2.20 bits per heavy atom. The Hall–Kier alpha value is -0.940. The Labute approximate surface area is 128 Å². The normalized spacial score (nSPS) is 17.7. The van der Waals surface area contributed by atoms with Crippen molar-refractivity contribution in [1.82, 2.24) is 10.3 Å². The molecule has 0 atom stereocenters. The Bertz CT molecular complexity index is 489. The van der Waals surface area contributed by atoms with Crippen LogP contribution >= 0.6 is 23.4 Å². The van der Waals surface area contributed by atoms with Crippen LogP contribution in [0.3, 0.4) is 0 Å². The van der Waals surface area contributed by atoms with E-state index in [0.29, 0.717) is 17.8 Å². The van der Waals surface area contributed by atoms with Gasteiger partial charge in [0.1, 0.15) is 5.15 Å². The third-order valence-electron chi connectivity index (χ3n) is 3.87. The zero-order valence-electron chi connectivity index (χ0n) is 11.6. The Kier molecular flexibility index (Phi) is 5.16. The number of anilines is 1. The number of nitrogens with zero attached hydrogens (tertiary/aromatic N) is 1. The van der Waals surface area contributed by atoms with Crippen LogP contribution in [0.1, 0.15) is 42.5 Å². The molecule has 20 heavy (non-hydrogen) atoms. The van der Waals surface area contributed by atoms with Gasteiger partial charge in [-0.1, -0.05) is 30.9 Å². The average molecular weight is 314 g/mol. The summed E-state index contributed by atoms with van der Waals surface area (Å²) in [5, 5.41) is 3.18. The van der Waals surface area contributed by atoms with Crippen molar-refractivity contribution in [2.24, 2.45) is 0 Å². The van der Waals surface area contributed by atoms with E-state index in [1.807, 2.05) is 11.8 Å². The van der Waals surface area contributed by atoms with Crippen molar-refractivity contribution < 1.29 is 4.79 Å². The topological polar surface area (TPSA) is 68.0 Å². The fourth-order valence-corrected chi connectivity index (χ4v) is 3.71. The number of carbonyl (C=O) groups is 1. The van der Waals surface area contributed by atoms with Gasteiger partial charge in [-0.15, -0.1) is 0 Å². The van der Waals surface area contributed by atoms with Gasteiger partial charge in [0.15, 0.2) is 0 Å². The molecule has 0 unspecified atom stereocenters. The number of thioether (sulfide) groups is 1. The monoisotopic (exact) mass is 313 g/mol. The van der Waals surface area contributed by atoms with Crippen LogP contribution in [0.15, 0.2) is 12.3 Å². The summed E-state index contributed by atoms with van der Waals surface area (Å²) in [4.78, 5) is 16.1. The lowest BCUT2D eigenvalue weighted by Gasteiger charge is -2.35. The van der Waals surface area contributed by atoms with Gasteiger partial charge < -0.3 is 11.1 Å². The molecule has 4 nitrogen and oxygen atoms in total. The first-order chi connectivity index (χ1) is 9.56. The maximum absolute atomic E-state index is 12.2. The molecule has 0 saturated heterocycles. The van der Waals surface area contributed by atoms with Gasteiger partial charge in [0.05, 0.1) is 17.4 Å². The molecule has 1 heterocycles. The van der Waals surface area contributed by atoms with E-state index in [4.69, 9.17) is 17.3 Å². The lowest BCUT2D eigenvalue weighted by atomic mass is 9.88. The van der Waals surface area contributed by atoms with Crippen molar-refractivity contribution in [1.29, 1.82) is 0 Å². The van der Waals surface area contributed by atoms with E-state index in [2.05, 4.69) is 16.6 Å². The lowest BCUT2D eigenvalue weighted by Crippen LogP contribution is -2.41. The first kappa shape index (κ1) is 15.4. The summed E-state index contributed by atoms with van der Waals surface area (Å²) in [5.74, 6) is -0.200. The Morgan fingerprint density at radius 3 is 2.85 bits per heavy atom. The number of amides is 1. The van der Waals surface area contributed by atoms with E-state index in [1.54, 1.807) is 6.07 Å². The van der Waals surface area contributed by atoms with Crippen molar-refractivity contribution in [3.8, 4) is 0 Å². The molecule has 1 amide bonds. The minimum Gasteiger partial charge on any atom is -0.397 e. The molecule has 1 aliphatic rings. The van der Waals surface area contributed by atoms with Crippen LogP contribution in [0, 0.1) is 0 Å². The second kappa shape index (κ2) is 6.68. The van der Waals surface area contributed by atoms with Gasteiger partial charge in [-0.25, -0.2) is 4.98 Å². The number of carbonyl (C=O) groups excluding carboxylic acids is 1. The third kappa shape index (κ3) is 3.58. The number of hydrogen-bond acceptors (Lipinski definition) is 4. The summed E-state index contributed by atoms with van der Waals surface area (Å²) in [7, 11) is 0. The Morgan fingerprint density at radius 1 is 1.50 bits per heavy atom. The molecule has 1 aliphatic carbocycles. The zero-order valence-corrected chi connectivity index (χ0v) is 13.2. The molecule has 1 fully saturated rings. The van der Waals surface area contributed by atoms with Crippen molar-refractivity contribution in [2.45, 2.75) is 36.9 Å². The van der Waals surface area contributed by atoms with Crippen molar-refractivity contribution in [3.63, 3.8) is 0 Å². The van der Waals surface area contributed by atoms with Crippen molar-refractivity contribution >= 4 is 35.0 Å². The molecule has 2 rings (SSSR count). The number of nitrogens with two attached hydrogens (primary N) is 1. The predicted octanol–water partition coefficient (Wildman–Crippen LogP) is 3.11. The smallest absolute Gasteiger partial charge is 0.254 e. The van der Waals surface area contributed by atoms with Gasteiger partial charge in [0.25, 0.3) is 5.91 Å². The highest BCUT2D eigenvalue weighted by atomic mass is 35.5. The molecular weight excluding hydrogens is 294 g/mol. The highest BCUT2D eigenvalue weighted by Gasteiger charge is 2.31. The molecule has 0 aliphatic heterocycles. The van der Waals surface area contributed by atoms with E-state index in [9.17, 15) is 4.79 Å². The van der Waals surface area contributed by atoms with Crippen molar-refractivity contribution in [2.75, 3.05) is 18.5 Å². The summed E-state index contributed by atoms with van der Waals surface area (Å²) in [6.07, 6.45) is 9.63. The van der Waals surface area contributed by atoms with E-state index < -0.39 is 0 Å². The number of nitrogen functional groups attached to an aromatic ring is 1. The standard InChI is InChI=1S/C14H20ClN3OS/c1-20-14(5-3-2-4-6-14)9-18-13(19)11-7-10(16)8-17-12(11)15/h7-8H,2-6,9,16H2,1H3,(H,18,19). The number of nitrogens with one attached hydrogen (secondary N) is 1. The van der Waals surface area contributed by atoms with Crippen LogP contribution in [0.25, 0.3) is 0 Å². The number of hydrogen-bond donors (Lipinski definition) is 2. The summed E-state index contributed by atoms with van der Waals surface area (Å²) >= 11 is 7.80. The largest absolute Gasteiger partial charge is 0.397 e. The fraction of sp³-hybridized carbons (Fsp3) is 0.571. The number of rotatable bonds is 4. The number of aromatic nitrogens is 1. The molecule has 110 valence electrons. The van der Waals surface area contributed by atoms with Gasteiger partial charge in [-0.2, -0.15) is 11.8 Å². The second-order valence-electron chi connectivity index (χ2n) is 5.24. The molecule has 1 aromatic rings. The molecule has 0 aromatic carbocycles. The van der Waals surface area contributed by atoms with E-state index in [-0.39, 0.29) is 15.8 Å². The summed E-state index contributed by atoms with van der Waals surface area (Å²) in [6.45, 7) is 0.665. The second-order valence-corrected chi connectivity index (χ2v) is 6.87. The van der Waals surface area contributed by atoms with Crippen LogP contribution in [-0.2, 0) is 0 Å². The molecule has 6 heteroatoms. The summed E-state index contributed by atoms with van der Waals surface area (Å²) in [6, 6.07) is 1.57. The summed E-state index contributed by atoms with van der Waals surface area (Å²) in [5.41, 5.74) is 6.44. The average Bonchev–Trinajstić information content (AvgIpc) is 2.48. The van der Waals surface area contributed by atoms with Crippen molar-refractivity contribution in [3.05, 3.63) is 23.0 Å². The molecule has 1 saturated carbocycles. The van der Waals surface area contributed by atoms with Gasteiger partial charge in [-0.3, -0.25) is 4.79 Å². The van der Waals surface area contributed by atoms with Crippen LogP contribution in [0.4, 0.5) is 5.69 Å². The Balaban J connectivity index is 2.02. The minimum absolute atomic E-state index is 0.161. The molecule has 0 spiro atoms. The molecule has 0 radical (unpaired) electrons. The van der Waals surface area contributed by atoms with Gasteiger partial charge in [-0.05, 0) is 25.2 Å². The fourth-order valence-electron chi connectivity index (χ4n) is 2.61.